The van der Waals surface area contributed by atoms with Crippen LogP contribution < -0.4 is 0 Å². The Morgan fingerprint density at radius 2 is 1.80 bits per heavy atom. The second-order valence-corrected chi connectivity index (χ2v) is 5.58. The molecule has 1 rings (SSSR count). The van der Waals surface area contributed by atoms with Crippen molar-refractivity contribution >= 4 is 15.9 Å². The van der Waals surface area contributed by atoms with E-state index in [1.807, 2.05) is 13.8 Å². The maximum Gasteiger partial charge on any atom is 0.162 e. The number of alkyl halides is 1. The maximum absolute atomic E-state index is 13.6. The Hall–Kier alpha value is -0.440. The zero-order chi connectivity index (χ0) is 11.6. The van der Waals surface area contributed by atoms with Crippen LogP contribution in [0.25, 0.3) is 0 Å². The van der Waals surface area contributed by atoms with Gasteiger partial charge in [0.25, 0.3) is 0 Å². The van der Waals surface area contributed by atoms with Gasteiger partial charge in [0, 0.05) is 4.83 Å². The van der Waals surface area contributed by atoms with Crippen LogP contribution in [0.1, 0.15) is 37.3 Å². The SMILES string of the molecule is Cc1ccc(C(C)CC(C)Br)c(F)c1F. The van der Waals surface area contributed by atoms with Gasteiger partial charge >= 0.3 is 0 Å². The second-order valence-electron chi connectivity index (χ2n) is 4.02. The molecular weight excluding hydrogens is 262 g/mol. The van der Waals surface area contributed by atoms with Crippen LogP contribution in [0.3, 0.4) is 0 Å². The number of rotatable bonds is 3. The molecule has 1 aromatic carbocycles. The molecule has 0 aliphatic heterocycles. The Labute approximate surface area is 97.8 Å². The molecule has 2 atom stereocenters. The summed E-state index contributed by atoms with van der Waals surface area (Å²) in [6.07, 6.45) is 0.791. The lowest BCUT2D eigenvalue weighted by atomic mass is 9.95. The summed E-state index contributed by atoms with van der Waals surface area (Å²) in [4.78, 5) is 0.302. The first kappa shape index (κ1) is 12.6. The van der Waals surface area contributed by atoms with Gasteiger partial charge in [-0.25, -0.2) is 8.78 Å². The van der Waals surface area contributed by atoms with E-state index in [-0.39, 0.29) is 5.92 Å². The summed E-state index contributed by atoms with van der Waals surface area (Å²) >= 11 is 3.41. The van der Waals surface area contributed by atoms with Crippen LogP contribution in [-0.2, 0) is 0 Å². The third-order valence-electron chi connectivity index (χ3n) is 2.51. The van der Waals surface area contributed by atoms with E-state index in [9.17, 15) is 8.78 Å². The fraction of sp³-hybridized carbons (Fsp3) is 0.500. The van der Waals surface area contributed by atoms with Crippen molar-refractivity contribution in [2.45, 2.75) is 37.9 Å². The minimum atomic E-state index is -0.721. The van der Waals surface area contributed by atoms with Crippen LogP contribution in [0.4, 0.5) is 8.78 Å². The molecule has 0 aromatic heterocycles. The number of aryl methyl sites for hydroxylation is 1. The van der Waals surface area contributed by atoms with Gasteiger partial charge in [0.15, 0.2) is 11.6 Å². The quantitative estimate of drug-likeness (QED) is 0.711. The Balaban J connectivity index is 3.00. The summed E-state index contributed by atoms with van der Waals surface area (Å²) in [6.45, 7) is 5.48. The fourth-order valence-electron chi connectivity index (χ4n) is 1.66. The van der Waals surface area contributed by atoms with Crippen molar-refractivity contribution in [1.82, 2.24) is 0 Å². The van der Waals surface area contributed by atoms with Gasteiger partial charge < -0.3 is 0 Å². The molecule has 0 heterocycles. The number of hydrogen-bond donors (Lipinski definition) is 0. The van der Waals surface area contributed by atoms with Gasteiger partial charge in [-0.05, 0) is 30.4 Å². The Morgan fingerprint density at radius 1 is 1.20 bits per heavy atom. The first-order valence-corrected chi connectivity index (χ1v) is 5.93. The van der Waals surface area contributed by atoms with Gasteiger partial charge in [0.1, 0.15) is 0 Å². The molecule has 1 aromatic rings. The molecule has 0 aliphatic rings. The predicted molar refractivity (Wildman–Crippen MR) is 62.5 cm³/mol. The zero-order valence-electron chi connectivity index (χ0n) is 9.15. The largest absolute Gasteiger partial charge is 0.203 e. The summed E-state index contributed by atoms with van der Waals surface area (Å²) in [5.41, 5.74) is 0.819. The smallest absolute Gasteiger partial charge is 0.162 e. The van der Waals surface area contributed by atoms with E-state index in [0.717, 1.165) is 6.42 Å². The minimum Gasteiger partial charge on any atom is -0.203 e. The Kier molecular flexibility index (Phi) is 4.26. The van der Waals surface area contributed by atoms with E-state index in [4.69, 9.17) is 0 Å². The lowest BCUT2D eigenvalue weighted by Crippen LogP contribution is -2.05. The van der Waals surface area contributed by atoms with Gasteiger partial charge in [-0.15, -0.1) is 0 Å². The average Bonchev–Trinajstić information content (AvgIpc) is 2.13. The van der Waals surface area contributed by atoms with Crippen molar-refractivity contribution in [3.8, 4) is 0 Å². The zero-order valence-corrected chi connectivity index (χ0v) is 10.7. The molecule has 0 saturated carbocycles. The van der Waals surface area contributed by atoms with Crippen molar-refractivity contribution in [1.29, 1.82) is 0 Å². The third kappa shape index (κ3) is 3.00. The topological polar surface area (TPSA) is 0 Å². The molecule has 0 aliphatic carbocycles. The van der Waals surface area contributed by atoms with Crippen LogP contribution in [0.15, 0.2) is 12.1 Å². The standard InChI is InChI=1S/C12H15BrF2/c1-7-4-5-10(12(15)11(7)14)8(2)6-9(3)13/h4-5,8-9H,6H2,1-3H3. The highest BCUT2D eigenvalue weighted by Crippen LogP contribution is 2.27. The van der Waals surface area contributed by atoms with Crippen molar-refractivity contribution in [2.24, 2.45) is 0 Å². The fourth-order valence-corrected chi connectivity index (χ4v) is 2.22. The maximum atomic E-state index is 13.6. The molecule has 0 N–H and O–H groups in total. The highest BCUT2D eigenvalue weighted by atomic mass is 79.9. The number of hydrogen-bond acceptors (Lipinski definition) is 0. The molecule has 3 heteroatoms. The van der Waals surface area contributed by atoms with Crippen molar-refractivity contribution < 1.29 is 8.78 Å². The molecule has 0 bridgehead atoms. The van der Waals surface area contributed by atoms with Gasteiger partial charge in [0.2, 0.25) is 0 Å². The summed E-state index contributed by atoms with van der Waals surface area (Å²) in [5, 5.41) is 0. The molecule has 0 radical (unpaired) electrons. The van der Waals surface area contributed by atoms with Crippen LogP contribution in [-0.4, -0.2) is 4.83 Å². The number of benzene rings is 1. The minimum absolute atomic E-state index is 0.0227. The Bertz CT molecular complexity index is 348. The molecule has 0 amide bonds. The summed E-state index contributed by atoms with van der Waals surface area (Å²) in [5.74, 6) is -1.40. The van der Waals surface area contributed by atoms with Crippen molar-refractivity contribution in [2.75, 3.05) is 0 Å². The van der Waals surface area contributed by atoms with Crippen molar-refractivity contribution in [3.63, 3.8) is 0 Å². The lowest BCUT2D eigenvalue weighted by Gasteiger charge is -2.15. The monoisotopic (exact) mass is 276 g/mol. The molecule has 0 nitrogen and oxygen atoms in total. The van der Waals surface area contributed by atoms with E-state index in [1.54, 1.807) is 19.1 Å². The second kappa shape index (κ2) is 5.06. The van der Waals surface area contributed by atoms with Crippen molar-refractivity contribution in [3.05, 3.63) is 34.9 Å². The van der Waals surface area contributed by atoms with E-state index in [2.05, 4.69) is 15.9 Å². The van der Waals surface area contributed by atoms with E-state index in [0.29, 0.717) is 16.0 Å². The van der Waals surface area contributed by atoms with Crippen LogP contribution in [0.5, 0.6) is 0 Å². The van der Waals surface area contributed by atoms with Gasteiger partial charge in [-0.2, -0.15) is 0 Å². The van der Waals surface area contributed by atoms with E-state index < -0.39 is 11.6 Å². The van der Waals surface area contributed by atoms with Gasteiger partial charge in [-0.1, -0.05) is 41.9 Å². The van der Waals surface area contributed by atoms with Crippen LogP contribution >= 0.6 is 15.9 Å². The van der Waals surface area contributed by atoms with Crippen LogP contribution in [0, 0.1) is 18.6 Å². The molecule has 15 heavy (non-hydrogen) atoms. The average molecular weight is 277 g/mol. The highest BCUT2D eigenvalue weighted by Gasteiger charge is 2.17. The molecule has 84 valence electrons. The molecular formula is C12H15BrF2. The highest BCUT2D eigenvalue weighted by molar-refractivity contribution is 9.09. The molecule has 0 fully saturated rings. The van der Waals surface area contributed by atoms with Crippen LogP contribution in [0.2, 0.25) is 0 Å². The van der Waals surface area contributed by atoms with E-state index >= 15 is 0 Å². The van der Waals surface area contributed by atoms with E-state index in [1.165, 1.54) is 0 Å². The summed E-state index contributed by atoms with van der Waals surface area (Å²) in [6, 6.07) is 3.30. The van der Waals surface area contributed by atoms with Gasteiger partial charge in [0.05, 0.1) is 0 Å². The number of halogens is 3. The predicted octanol–water partition coefficient (Wildman–Crippen LogP) is 4.55. The molecule has 0 saturated heterocycles. The lowest BCUT2D eigenvalue weighted by molar-refractivity contribution is 0.482. The first-order valence-electron chi connectivity index (χ1n) is 5.02. The molecule has 2 unspecified atom stereocenters. The third-order valence-corrected chi connectivity index (χ3v) is 2.89. The van der Waals surface area contributed by atoms with Gasteiger partial charge in [-0.3, -0.25) is 0 Å². The first-order chi connectivity index (χ1) is 6.93. The Morgan fingerprint density at radius 3 is 2.33 bits per heavy atom. The summed E-state index contributed by atoms with van der Waals surface area (Å²) < 4.78 is 26.9. The molecule has 0 spiro atoms. The normalized spacial score (nSPS) is 15.1. The summed E-state index contributed by atoms with van der Waals surface area (Å²) in [7, 11) is 0.